The normalized spacial score (nSPS) is 11.1. The van der Waals surface area contributed by atoms with E-state index in [-0.39, 0.29) is 5.57 Å². The van der Waals surface area contributed by atoms with Crippen LogP contribution in [-0.4, -0.2) is 5.11 Å². The average molecular weight is 184 g/mol. The summed E-state index contributed by atoms with van der Waals surface area (Å²) in [5.41, 5.74) is 1.17. The zero-order valence-corrected chi connectivity index (χ0v) is 7.44. The Morgan fingerprint density at radius 3 is 2.50 bits per heavy atom. The standard InChI is InChI=1S/C11H8N2O/c1-8(7-12)11(14)9-3-5-10(13-2)6-4-9/h3-6,11,14H,1H2. The Morgan fingerprint density at radius 1 is 1.50 bits per heavy atom. The molecule has 14 heavy (non-hydrogen) atoms. The number of nitrogens with zero attached hydrogens (tertiary/aromatic N) is 2. The molecule has 0 amide bonds. The molecular weight excluding hydrogens is 176 g/mol. The van der Waals surface area contributed by atoms with Gasteiger partial charge in [0.2, 0.25) is 0 Å². The summed E-state index contributed by atoms with van der Waals surface area (Å²) in [5, 5.41) is 18.1. The molecule has 0 heterocycles. The number of benzene rings is 1. The summed E-state index contributed by atoms with van der Waals surface area (Å²) < 4.78 is 0. The van der Waals surface area contributed by atoms with Crippen molar-refractivity contribution < 1.29 is 5.11 Å². The van der Waals surface area contributed by atoms with Crippen LogP contribution in [-0.2, 0) is 0 Å². The maximum atomic E-state index is 9.55. The minimum absolute atomic E-state index is 0.0977. The van der Waals surface area contributed by atoms with Gasteiger partial charge in [-0.15, -0.1) is 0 Å². The zero-order chi connectivity index (χ0) is 10.6. The second-order valence-electron chi connectivity index (χ2n) is 2.74. The highest BCUT2D eigenvalue weighted by atomic mass is 16.3. The Kier molecular flexibility index (Phi) is 3.01. The first-order valence-corrected chi connectivity index (χ1v) is 3.93. The number of nitriles is 1. The lowest BCUT2D eigenvalue weighted by Gasteiger charge is -2.07. The van der Waals surface area contributed by atoms with E-state index >= 15 is 0 Å². The fraction of sp³-hybridized carbons (Fsp3) is 0.0909. The van der Waals surface area contributed by atoms with Crippen LogP contribution in [0.25, 0.3) is 4.85 Å². The first-order valence-electron chi connectivity index (χ1n) is 3.93. The molecule has 0 aromatic heterocycles. The predicted octanol–water partition coefficient (Wildman–Crippen LogP) is 2.35. The predicted molar refractivity (Wildman–Crippen MR) is 52.4 cm³/mol. The van der Waals surface area contributed by atoms with E-state index in [0.717, 1.165) is 0 Å². The quantitative estimate of drug-likeness (QED) is 0.566. The van der Waals surface area contributed by atoms with E-state index in [1.807, 2.05) is 0 Å². The van der Waals surface area contributed by atoms with E-state index in [2.05, 4.69) is 11.4 Å². The van der Waals surface area contributed by atoms with E-state index in [0.29, 0.717) is 11.3 Å². The second-order valence-corrected chi connectivity index (χ2v) is 2.74. The van der Waals surface area contributed by atoms with Crippen LogP contribution in [0.2, 0.25) is 0 Å². The molecule has 1 atom stereocenters. The minimum Gasteiger partial charge on any atom is -0.383 e. The molecular formula is C11H8N2O. The highest BCUT2D eigenvalue weighted by Gasteiger charge is 2.10. The molecule has 1 aromatic carbocycles. The van der Waals surface area contributed by atoms with Gasteiger partial charge in [0.05, 0.1) is 18.2 Å². The van der Waals surface area contributed by atoms with Gasteiger partial charge < -0.3 is 5.11 Å². The van der Waals surface area contributed by atoms with Crippen LogP contribution >= 0.6 is 0 Å². The van der Waals surface area contributed by atoms with Gasteiger partial charge >= 0.3 is 0 Å². The number of aliphatic hydroxyl groups is 1. The van der Waals surface area contributed by atoms with Gasteiger partial charge in [-0.05, 0) is 5.56 Å². The summed E-state index contributed by atoms with van der Waals surface area (Å²) in [4.78, 5) is 3.22. The molecule has 0 bridgehead atoms. The van der Waals surface area contributed by atoms with Crippen LogP contribution in [0, 0.1) is 17.9 Å². The third kappa shape index (κ3) is 1.98. The van der Waals surface area contributed by atoms with Crippen molar-refractivity contribution in [2.45, 2.75) is 6.10 Å². The third-order valence-electron chi connectivity index (χ3n) is 1.81. The van der Waals surface area contributed by atoms with E-state index in [9.17, 15) is 5.11 Å². The van der Waals surface area contributed by atoms with Crippen molar-refractivity contribution in [2.75, 3.05) is 0 Å². The molecule has 3 nitrogen and oxygen atoms in total. The molecule has 0 aliphatic carbocycles. The first-order chi connectivity index (χ1) is 6.69. The van der Waals surface area contributed by atoms with Gasteiger partial charge in [-0.2, -0.15) is 5.26 Å². The molecule has 0 aliphatic rings. The van der Waals surface area contributed by atoms with E-state index in [4.69, 9.17) is 11.8 Å². The molecule has 0 saturated carbocycles. The lowest BCUT2D eigenvalue weighted by Crippen LogP contribution is -1.98. The summed E-state index contributed by atoms with van der Waals surface area (Å²) in [5.74, 6) is 0. The van der Waals surface area contributed by atoms with Gasteiger partial charge in [-0.1, -0.05) is 30.8 Å². The lowest BCUT2D eigenvalue weighted by atomic mass is 10.0. The smallest absolute Gasteiger partial charge is 0.187 e. The Bertz CT molecular complexity index is 420. The number of hydrogen-bond donors (Lipinski definition) is 1. The van der Waals surface area contributed by atoms with E-state index < -0.39 is 6.10 Å². The van der Waals surface area contributed by atoms with Crippen LogP contribution in [0.15, 0.2) is 36.4 Å². The summed E-state index contributed by atoms with van der Waals surface area (Å²) in [6, 6.07) is 8.20. The van der Waals surface area contributed by atoms with E-state index in [1.54, 1.807) is 30.3 Å². The minimum atomic E-state index is -0.972. The molecule has 3 heteroatoms. The molecule has 1 N–H and O–H groups in total. The first kappa shape index (κ1) is 9.98. The number of rotatable bonds is 2. The zero-order valence-electron chi connectivity index (χ0n) is 7.44. The van der Waals surface area contributed by atoms with Gasteiger partial charge in [0.15, 0.2) is 5.69 Å². The highest BCUT2D eigenvalue weighted by Crippen LogP contribution is 2.22. The lowest BCUT2D eigenvalue weighted by molar-refractivity contribution is 0.221. The maximum absolute atomic E-state index is 9.55. The summed E-state index contributed by atoms with van der Waals surface area (Å²) in [6.45, 7) is 10.2. The van der Waals surface area contributed by atoms with Gasteiger partial charge in [0.1, 0.15) is 6.10 Å². The summed E-state index contributed by atoms with van der Waals surface area (Å²) in [6.07, 6.45) is -0.972. The van der Waals surface area contributed by atoms with Crippen molar-refractivity contribution in [3.8, 4) is 6.07 Å². The van der Waals surface area contributed by atoms with Gasteiger partial charge in [-0.25, -0.2) is 4.85 Å². The van der Waals surface area contributed by atoms with Crippen molar-refractivity contribution in [1.29, 1.82) is 5.26 Å². The van der Waals surface area contributed by atoms with Crippen molar-refractivity contribution in [3.63, 3.8) is 0 Å². The fourth-order valence-corrected chi connectivity index (χ4v) is 0.993. The van der Waals surface area contributed by atoms with Crippen LogP contribution in [0.1, 0.15) is 11.7 Å². The van der Waals surface area contributed by atoms with Crippen molar-refractivity contribution in [3.05, 3.63) is 53.4 Å². The third-order valence-corrected chi connectivity index (χ3v) is 1.81. The van der Waals surface area contributed by atoms with Gasteiger partial charge in [-0.3, -0.25) is 0 Å². The molecule has 0 saturated heterocycles. The largest absolute Gasteiger partial charge is 0.383 e. The molecule has 68 valence electrons. The molecule has 0 radical (unpaired) electrons. The van der Waals surface area contributed by atoms with E-state index in [1.165, 1.54) is 0 Å². The number of hydrogen-bond acceptors (Lipinski definition) is 2. The molecule has 1 unspecified atom stereocenters. The SMILES string of the molecule is [C-]#[N+]c1ccc(C(O)C(=C)C#N)cc1. The Hall–Kier alpha value is -2.10. The Balaban J connectivity index is 2.95. The van der Waals surface area contributed by atoms with Gasteiger partial charge in [0, 0.05) is 0 Å². The molecule has 1 rings (SSSR count). The van der Waals surface area contributed by atoms with Crippen molar-refractivity contribution in [1.82, 2.24) is 0 Å². The average Bonchev–Trinajstić information content (AvgIpc) is 2.27. The van der Waals surface area contributed by atoms with Crippen LogP contribution in [0.4, 0.5) is 5.69 Å². The van der Waals surface area contributed by atoms with Crippen LogP contribution in [0.5, 0.6) is 0 Å². The van der Waals surface area contributed by atoms with Gasteiger partial charge in [0.25, 0.3) is 0 Å². The molecule has 1 aromatic rings. The Labute approximate surface area is 82.4 Å². The van der Waals surface area contributed by atoms with Crippen LogP contribution < -0.4 is 0 Å². The molecule has 0 spiro atoms. The van der Waals surface area contributed by atoms with Crippen molar-refractivity contribution in [2.24, 2.45) is 0 Å². The monoisotopic (exact) mass is 184 g/mol. The number of aliphatic hydroxyl groups excluding tert-OH is 1. The highest BCUT2D eigenvalue weighted by molar-refractivity contribution is 5.47. The fourth-order valence-electron chi connectivity index (χ4n) is 0.993. The van der Waals surface area contributed by atoms with Crippen molar-refractivity contribution >= 4 is 5.69 Å². The second kappa shape index (κ2) is 4.23. The topological polar surface area (TPSA) is 48.4 Å². The summed E-state index contributed by atoms with van der Waals surface area (Å²) >= 11 is 0. The maximum Gasteiger partial charge on any atom is 0.187 e. The van der Waals surface area contributed by atoms with Crippen LogP contribution in [0.3, 0.4) is 0 Å². The summed E-state index contributed by atoms with van der Waals surface area (Å²) in [7, 11) is 0. The Morgan fingerprint density at radius 2 is 2.07 bits per heavy atom. The molecule has 0 fully saturated rings. The molecule has 0 aliphatic heterocycles.